The highest BCUT2D eigenvalue weighted by Crippen LogP contribution is 2.44. The van der Waals surface area contributed by atoms with E-state index in [9.17, 15) is 19.5 Å². The Morgan fingerprint density at radius 2 is 1.66 bits per heavy atom. The van der Waals surface area contributed by atoms with Crippen molar-refractivity contribution < 1.29 is 24.2 Å². The molecule has 0 radical (unpaired) electrons. The first-order valence-corrected chi connectivity index (χ1v) is 12.5. The van der Waals surface area contributed by atoms with Gasteiger partial charge in [-0.1, -0.05) is 61.9 Å². The molecule has 2 amide bonds. The van der Waals surface area contributed by atoms with Gasteiger partial charge in [0.25, 0.3) is 0 Å². The topological polar surface area (TPSA) is 95.9 Å². The van der Waals surface area contributed by atoms with Crippen molar-refractivity contribution in [2.75, 3.05) is 19.7 Å². The smallest absolute Gasteiger partial charge is 0.407 e. The average Bonchev–Trinajstić information content (AvgIpc) is 3.54. The van der Waals surface area contributed by atoms with Crippen molar-refractivity contribution in [1.82, 2.24) is 10.2 Å². The van der Waals surface area contributed by atoms with E-state index in [2.05, 4.69) is 29.6 Å². The van der Waals surface area contributed by atoms with Crippen molar-refractivity contribution in [1.29, 1.82) is 0 Å². The maximum absolute atomic E-state index is 12.9. The molecule has 5 rings (SSSR count). The Morgan fingerprint density at radius 3 is 2.29 bits per heavy atom. The molecule has 2 aromatic carbocycles. The highest BCUT2D eigenvalue weighted by Gasteiger charge is 2.39. The lowest BCUT2D eigenvalue weighted by atomic mass is 9.98. The van der Waals surface area contributed by atoms with Gasteiger partial charge in [-0.3, -0.25) is 9.59 Å². The summed E-state index contributed by atoms with van der Waals surface area (Å²) >= 11 is 0. The molecule has 0 bridgehead atoms. The molecule has 7 heteroatoms. The number of hydrogen-bond donors (Lipinski definition) is 2. The first-order chi connectivity index (χ1) is 16.9. The molecule has 1 saturated heterocycles. The van der Waals surface area contributed by atoms with Gasteiger partial charge < -0.3 is 20.1 Å². The molecule has 2 N–H and O–H groups in total. The molecular weight excluding hydrogens is 444 g/mol. The third-order valence-corrected chi connectivity index (χ3v) is 8.03. The summed E-state index contributed by atoms with van der Waals surface area (Å²) in [6.45, 7) is 2.89. The molecule has 7 nitrogen and oxygen atoms in total. The van der Waals surface area contributed by atoms with E-state index in [1.165, 1.54) is 22.3 Å². The van der Waals surface area contributed by atoms with Gasteiger partial charge in [-0.25, -0.2) is 4.79 Å². The Hall–Kier alpha value is -3.35. The number of carboxylic acid groups (broad SMARTS) is 1. The van der Waals surface area contributed by atoms with E-state index in [4.69, 9.17) is 4.74 Å². The van der Waals surface area contributed by atoms with Gasteiger partial charge in [0.2, 0.25) is 5.91 Å². The number of fused-ring (bicyclic) bond motifs is 3. The van der Waals surface area contributed by atoms with Crippen LogP contribution in [0.15, 0.2) is 48.5 Å². The zero-order chi connectivity index (χ0) is 24.5. The molecule has 1 aliphatic heterocycles. The van der Waals surface area contributed by atoms with Crippen molar-refractivity contribution in [3.8, 4) is 11.1 Å². The van der Waals surface area contributed by atoms with Crippen LogP contribution in [-0.2, 0) is 14.3 Å². The van der Waals surface area contributed by atoms with Gasteiger partial charge in [-0.15, -0.1) is 0 Å². The van der Waals surface area contributed by atoms with Crippen molar-refractivity contribution in [3.63, 3.8) is 0 Å². The zero-order valence-corrected chi connectivity index (χ0v) is 20.0. The molecule has 1 heterocycles. The van der Waals surface area contributed by atoms with Gasteiger partial charge >= 0.3 is 12.1 Å². The molecule has 0 aromatic heterocycles. The summed E-state index contributed by atoms with van der Waals surface area (Å²) in [4.78, 5) is 38.7. The Balaban J connectivity index is 1.16. The van der Waals surface area contributed by atoms with Gasteiger partial charge in [0.1, 0.15) is 6.61 Å². The minimum absolute atomic E-state index is 0.00781. The minimum atomic E-state index is -0.844. The summed E-state index contributed by atoms with van der Waals surface area (Å²) in [5.74, 6) is -1.36. The van der Waals surface area contributed by atoms with Crippen LogP contribution in [-0.4, -0.2) is 53.7 Å². The van der Waals surface area contributed by atoms with E-state index in [1.807, 2.05) is 31.2 Å². The quantitative estimate of drug-likeness (QED) is 0.649. The second-order valence-electron chi connectivity index (χ2n) is 10.2. The number of nitrogens with zero attached hydrogens (tertiary/aromatic N) is 1. The maximum Gasteiger partial charge on any atom is 0.407 e. The summed E-state index contributed by atoms with van der Waals surface area (Å²) in [7, 11) is 0. The highest BCUT2D eigenvalue weighted by molar-refractivity contribution is 5.80. The number of carbonyl (C=O) groups is 3. The molecule has 1 saturated carbocycles. The number of rotatable bonds is 6. The normalized spacial score (nSPS) is 25.2. The molecule has 0 unspecified atom stereocenters. The molecular formula is C28H32N2O5. The molecule has 2 aliphatic carbocycles. The first kappa shape index (κ1) is 23.4. The van der Waals surface area contributed by atoms with Gasteiger partial charge in [-0.05, 0) is 46.9 Å². The van der Waals surface area contributed by atoms with Crippen molar-refractivity contribution in [3.05, 3.63) is 59.7 Å². The lowest BCUT2D eigenvalue weighted by Crippen LogP contribution is -2.40. The first-order valence-electron chi connectivity index (χ1n) is 12.5. The van der Waals surface area contributed by atoms with E-state index in [0.29, 0.717) is 13.0 Å². The Morgan fingerprint density at radius 1 is 1.00 bits per heavy atom. The summed E-state index contributed by atoms with van der Waals surface area (Å²) < 4.78 is 5.70. The number of alkyl carbamates (subject to hydrolysis) is 1. The van der Waals surface area contributed by atoms with Crippen LogP contribution in [0.5, 0.6) is 0 Å². The van der Waals surface area contributed by atoms with Gasteiger partial charge in [0.15, 0.2) is 0 Å². The van der Waals surface area contributed by atoms with E-state index in [0.717, 1.165) is 19.3 Å². The minimum Gasteiger partial charge on any atom is -0.481 e. The van der Waals surface area contributed by atoms with Gasteiger partial charge in [0.05, 0.1) is 5.92 Å². The maximum atomic E-state index is 12.9. The van der Waals surface area contributed by atoms with Crippen molar-refractivity contribution in [2.24, 2.45) is 17.8 Å². The number of carbonyl (C=O) groups excluding carboxylic acids is 2. The fourth-order valence-corrected chi connectivity index (χ4v) is 6.11. The van der Waals surface area contributed by atoms with Crippen molar-refractivity contribution >= 4 is 18.0 Å². The zero-order valence-electron chi connectivity index (χ0n) is 20.0. The van der Waals surface area contributed by atoms with Crippen LogP contribution in [0.1, 0.15) is 49.7 Å². The predicted molar refractivity (Wildman–Crippen MR) is 131 cm³/mol. The summed E-state index contributed by atoms with van der Waals surface area (Å²) in [5.41, 5.74) is 4.72. The Kier molecular flexibility index (Phi) is 6.50. The van der Waals surface area contributed by atoms with Crippen LogP contribution in [0.3, 0.4) is 0 Å². The van der Waals surface area contributed by atoms with Crippen LogP contribution in [0.25, 0.3) is 11.1 Å². The number of carboxylic acids is 1. The second kappa shape index (κ2) is 9.72. The number of nitrogens with one attached hydrogen (secondary N) is 1. The molecule has 35 heavy (non-hydrogen) atoms. The molecule has 184 valence electrons. The summed E-state index contributed by atoms with van der Waals surface area (Å²) in [6.07, 6.45) is 2.51. The monoisotopic (exact) mass is 476 g/mol. The fraction of sp³-hybridized carbons (Fsp3) is 0.464. The van der Waals surface area contributed by atoms with Crippen LogP contribution >= 0.6 is 0 Å². The largest absolute Gasteiger partial charge is 0.481 e. The third kappa shape index (κ3) is 4.64. The lowest BCUT2D eigenvalue weighted by Gasteiger charge is -2.24. The van der Waals surface area contributed by atoms with Gasteiger partial charge in [-0.2, -0.15) is 0 Å². The molecule has 2 fully saturated rings. The number of benzene rings is 2. The van der Waals surface area contributed by atoms with E-state index in [-0.39, 0.29) is 42.9 Å². The second-order valence-corrected chi connectivity index (χ2v) is 10.2. The Bertz CT molecular complexity index is 1090. The highest BCUT2D eigenvalue weighted by atomic mass is 16.5. The van der Waals surface area contributed by atoms with Gasteiger partial charge in [0, 0.05) is 31.5 Å². The lowest BCUT2D eigenvalue weighted by molar-refractivity contribution is -0.142. The van der Waals surface area contributed by atoms with Crippen LogP contribution in [0, 0.1) is 17.8 Å². The van der Waals surface area contributed by atoms with Crippen LogP contribution < -0.4 is 5.32 Å². The molecule has 2 aromatic rings. The number of amides is 2. The summed E-state index contributed by atoms with van der Waals surface area (Å²) in [6, 6.07) is 16.4. The summed E-state index contributed by atoms with van der Waals surface area (Å²) in [5, 5.41) is 12.4. The molecule has 0 spiro atoms. The number of ether oxygens (including phenoxy) is 1. The Labute approximate surface area is 205 Å². The third-order valence-electron chi connectivity index (χ3n) is 8.03. The van der Waals surface area contributed by atoms with Crippen LogP contribution in [0.4, 0.5) is 4.79 Å². The van der Waals surface area contributed by atoms with E-state index >= 15 is 0 Å². The van der Waals surface area contributed by atoms with Crippen LogP contribution in [0.2, 0.25) is 0 Å². The standard InChI is InChI=1S/C28H32N2O5/c1-17-14-30(15-23(17)27(32)33)26(31)13-18-7-6-12-25(18)29-28(34)35-16-24-21-10-4-2-8-19(21)20-9-3-5-11-22(20)24/h2-5,8-11,17-18,23-25H,6-7,12-16H2,1H3,(H,29,34)(H,32,33)/t17-,18+,23-,25-/m1/s1. The fourth-order valence-electron chi connectivity index (χ4n) is 6.11. The molecule has 3 aliphatic rings. The number of aliphatic carboxylic acids is 1. The average molecular weight is 477 g/mol. The number of hydrogen-bond acceptors (Lipinski definition) is 4. The van der Waals surface area contributed by atoms with E-state index in [1.54, 1.807) is 4.90 Å². The SMILES string of the molecule is C[C@@H]1CN(C(=O)C[C@@H]2CCC[C@H]2NC(=O)OCC2c3ccccc3-c3ccccc32)C[C@H]1C(=O)O. The predicted octanol–water partition coefficient (Wildman–Crippen LogP) is 4.26. The number of likely N-dealkylation sites (tertiary alicyclic amines) is 1. The van der Waals surface area contributed by atoms with Crippen molar-refractivity contribution in [2.45, 2.75) is 44.6 Å². The van der Waals surface area contributed by atoms with E-state index < -0.39 is 18.0 Å². The molecule has 4 atom stereocenters.